The van der Waals surface area contributed by atoms with E-state index in [1.807, 2.05) is 18.2 Å². The van der Waals surface area contributed by atoms with Gasteiger partial charge in [-0.2, -0.15) is 0 Å². The van der Waals surface area contributed by atoms with Gasteiger partial charge in [0.1, 0.15) is 0 Å². The van der Waals surface area contributed by atoms with Gasteiger partial charge >= 0.3 is 0 Å². The van der Waals surface area contributed by atoms with Crippen molar-refractivity contribution in [3.05, 3.63) is 279 Å². The molecular formula is C116H180O13Si7. The Bertz CT molecular complexity index is 4790. The maximum absolute atomic E-state index is 11.3. The molecule has 20 heteroatoms. The second-order valence-electron chi connectivity index (χ2n) is 48.9. The summed E-state index contributed by atoms with van der Waals surface area (Å²) < 4.78 is 54.1. The van der Waals surface area contributed by atoms with E-state index in [0.29, 0.717) is 76.0 Å². The van der Waals surface area contributed by atoms with Crippen molar-refractivity contribution in [2.45, 2.75) is 334 Å². The molecule has 5 aliphatic carbocycles. The molecule has 0 spiro atoms. The van der Waals surface area contributed by atoms with E-state index in [4.69, 9.17) is 35.7 Å². The molecule has 5 N–H and O–H groups in total. The van der Waals surface area contributed by atoms with Crippen LogP contribution in [0.4, 0.5) is 0 Å². The lowest BCUT2D eigenvalue weighted by atomic mass is 9.97. The third-order valence-electron chi connectivity index (χ3n) is 32.1. The first-order valence-corrected chi connectivity index (χ1v) is 67.6. The number of rotatable bonds is 28. The number of aliphatic hydroxyl groups is 5. The largest absolute Gasteiger partial charge is 0.416 e. The predicted molar refractivity (Wildman–Crippen MR) is 591 cm³/mol. The van der Waals surface area contributed by atoms with Crippen LogP contribution in [0.1, 0.15) is 197 Å². The van der Waals surface area contributed by atoms with Gasteiger partial charge in [-0.3, -0.25) is 0 Å². The molecule has 0 radical (unpaired) electrons. The lowest BCUT2D eigenvalue weighted by molar-refractivity contribution is 0.0870. The Hall–Kier alpha value is -5.76. The molecule has 0 saturated heterocycles. The van der Waals surface area contributed by atoms with Gasteiger partial charge in [-0.25, -0.2) is 0 Å². The van der Waals surface area contributed by atoms with E-state index < -0.39 is 76.5 Å². The van der Waals surface area contributed by atoms with Crippen molar-refractivity contribution < 1.29 is 61.3 Å². The van der Waals surface area contributed by atoms with E-state index >= 15 is 0 Å². The van der Waals surface area contributed by atoms with Crippen LogP contribution >= 0.6 is 0 Å². The van der Waals surface area contributed by atoms with E-state index in [2.05, 4.69) is 439 Å². The van der Waals surface area contributed by atoms with Gasteiger partial charge in [0.25, 0.3) is 25.0 Å². The number of ether oxygens (including phenoxy) is 1. The molecule has 5 fully saturated rings. The van der Waals surface area contributed by atoms with Gasteiger partial charge in [-0.05, 0) is 177 Å². The Balaban J connectivity index is 0.000000220. The maximum Gasteiger partial charge on any atom is 0.261 e. The minimum Gasteiger partial charge on any atom is -0.416 e. The molecular weight excluding hydrogens is 1800 g/mol. The molecule has 13 nitrogen and oxygen atoms in total. The van der Waals surface area contributed by atoms with E-state index in [-0.39, 0.29) is 83.5 Å². The normalized spacial score (nSPS) is 24.1. The highest BCUT2D eigenvalue weighted by Gasteiger charge is 2.59. The zero-order chi connectivity index (χ0) is 102. The van der Waals surface area contributed by atoms with Crippen LogP contribution in [-0.2, 0) is 42.3 Å². The van der Waals surface area contributed by atoms with Crippen LogP contribution in [0.25, 0.3) is 0 Å². The average molecular weight is 1980 g/mol. The summed E-state index contributed by atoms with van der Waals surface area (Å²) in [5.74, 6) is 1.52. The summed E-state index contributed by atoms with van der Waals surface area (Å²) in [4.78, 5) is 0. The number of aliphatic hydroxyl groups excluding tert-OH is 5. The highest BCUT2D eigenvalue weighted by atomic mass is 28.4. The summed E-state index contributed by atoms with van der Waals surface area (Å²) in [6.45, 7) is 94.7. The fraction of sp³-hybridized carbons (Fsp3) is 0.552. The van der Waals surface area contributed by atoms with Crippen LogP contribution in [0, 0.1) is 41.4 Å². The van der Waals surface area contributed by atoms with Crippen molar-refractivity contribution in [3.8, 4) is 0 Å². The van der Waals surface area contributed by atoms with Gasteiger partial charge in [0, 0.05) is 75.3 Å². The Labute approximate surface area is 832 Å². The van der Waals surface area contributed by atoms with Crippen LogP contribution in [0.3, 0.4) is 0 Å². The van der Waals surface area contributed by atoms with Gasteiger partial charge in [-0.1, -0.05) is 404 Å². The first kappa shape index (κ1) is 115. The minimum absolute atomic E-state index is 0.0224. The lowest BCUT2D eigenvalue weighted by Crippen LogP contribution is -2.68. The zero-order valence-corrected chi connectivity index (χ0v) is 96.7. The summed E-state index contributed by atoms with van der Waals surface area (Å²) in [5.41, 5.74) is 5.64. The first-order valence-electron chi connectivity index (χ1n) is 50.2. The highest BCUT2D eigenvalue weighted by molar-refractivity contribution is 7.01. The zero-order valence-electron chi connectivity index (χ0n) is 89.7. The molecule has 0 bridgehead atoms. The Kier molecular flexibility index (Phi) is 39.7. The Morgan fingerprint density at radius 3 is 0.691 bits per heavy atom. The fourth-order valence-corrected chi connectivity index (χ4v) is 37.5. The van der Waals surface area contributed by atoms with Gasteiger partial charge in [0.05, 0.1) is 62.0 Å². The van der Waals surface area contributed by atoms with Crippen molar-refractivity contribution in [1.82, 2.24) is 0 Å². The van der Waals surface area contributed by atoms with Gasteiger partial charge < -0.3 is 61.3 Å². The van der Waals surface area contributed by atoms with Crippen LogP contribution in [0.2, 0.25) is 87.6 Å². The van der Waals surface area contributed by atoms with Gasteiger partial charge in [-0.15, -0.1) is 0 Å². The average Bonchev–Trinajstić information content (AvgIpc) is 1.43. The summed E-state index contributed by atoms with van der Waals surface area (Å²) in [7, 11) is -15.7. The third-order valence-corrected chi connectivity index (χ3v) is 65.3. The maximum atomic E-state index is 11.3. The summed E-state index contributed by atoms with van der Waals surface area (Å²) in [6.07, 6.45) is 0.717. The number of hydrogen-bond acceptors (Lipinski definition) is 13. The van der Waals surface area contributed by atoms with Crippen LogP contribution in [-0.4, -0.2) is 166 Å². The summed E-state index contributed by atoms with van der Waals surface area (Å²) in [6, 6.07) is 74.5. The van der Waals surface area contributed by atoms with Crippen molar-refractivity contribution in [2.75, 3.05) is 33.0 Å². The standard InChI is InChI=1S/C39H48O3Si2.C29H44O3Si2.C19H40O3Si2.C15H20O2.C14H28O2Si/c1-30-35(29-41-43(38(2,3)4,31-20-12-8-13-21-31)32-22-14-9-15-23-32)37(28-36(30)40)42-44(39(5,6)7,33-24-16-10-17-25-33)34-26-18-11-19-27-34;1-22-25(21-31-33(8,9)28(2,3)4)27(20-26(22)30)32-34(29(5,6)7,23-16-12-10-13-17-23)24-18-14-11-15-19-24;1-14-15(13-21-23(8,9)18(2,3)4)17(12-16(14)20)22-24(10,11)19(5,6)7;1-11-8-15(16)12(2)14(11)10-17-9-13-6-4-3-5-7-13;1-10-8-13(15)11(2)12(10)9-16-17(6,7)14(3,4)5/h8-27,35-37,40H,1,28-29H2,2-7H3;10-19,25-27,30H,1,20-21H2,2-9H3;15-17,20H,1,12-13H2,2-11H3;3-7,11,14-16H,2,8-10H2,1H3;10,12-13,15H,2,8-9H2,1,3-7H3/t35-,36+,37-;25-,26+,27-;15-,16+,17-;11-,14+,15+;10-,12+,13+/m00000/s1. The molecule has 0 heterocycles. The molecule has 0 unspecified atom stereocenters. The topological polar surface area (TPSA) is 175 Å². The number of benzene rings is 7. The van der Waals surface area contributed by atoms with Crippen molar-refractivity contribution in [3.63, 3.8) is 0 Å². The monoisotopic (exact) mass is 1980 g/mol. The SMILES string of the molecule is C=C1[C@H](O)C[C@H](C)[C@H]1COCc1ccccc1.C=C1[C@H](O)C[C@H](C)[C@H]1CO[Si](C)(C)C(C)(C)C.C=C1[C@H](O)C[C@H](O[Si](C)(C)C(C)(C)C)[C@H]1CO[Si](C)(C)C(C)(C)C.C=C1[C@H](O)C[C@H](O[Si](c2ccccc2)(c2ccccc2)C(C)(C)C)[C@H]1CO[Si](C)(C)C(C)(C)C.C=C1[C@H](O)C[C@H](O[Si](c2ccccc2)(c2ccccc2)C(C)(C)C)[C@H]1CO[Si](c1ccccc1)(c1ccccc1)C(C)(C)C. The molecule has 750 valence electrons. The minimum atomic E-state index is -2.85. The quantitative estimate of drug-likeness (QED) is 0.0232. The fourth-order valence-electron chi connectivity index (χ4n) is 19.0. The highest BCUT2D eigenvalue weighted by Crippen LogP contribution is 2.50. The smallest absolute Gasteiger partial charge is 0.261 e. The second kappa shape index (κ2) is 46.7. The van der Waals surface area contributed by atoms with E-state index in [1.54, 1.807) is 0 Å². The van der Waals surface area contributed by atoms with Gasteiger partial charge in [0.2, 0.25) is 0 Å². The number of hydrogen-bond donors (Lipinski definition) is 5. The molecule has 0 aromatic heterocycles. The van der Waals surface area contributed by atoms with Gasteiger partial charge in [0.15, 0.2) is 33.3 Å². The molecule has 136 heavy (non-hydrogen) atoms. The van der Waals surface area contributed by atoms with Crippen LogP contribution < -0.4 is 31.1 Å². The molecule has 7 aromatic rings. The van der Waals surface area contributed by atoms with Crippen molar-refractivity contribution in [1.29, 1.82) is 0 Å². The molecule has 5 aliphatic rings. The molecule has 12 rings (SSSR count). The first-order chi connectivity index (χ1) is 62.9. The van der Waals surface area contributed by atoms with Crippen molar-refractivity contribution in [2.24, 2.45) is 41.4 Å². The van der Waals surface area contributed by atoms with Crippen LogP contribution in [0.15, 0.2) is 273 Å². The summed E-state index contributed by atoms with van der Waals surface area (Å²) >= 11 is 0. The third kappa shape index (κ3) is 27.6. The molecule has 15 atom stereocenters. The molecule has 0 amide bonds. The van der Waals surface area contributed by atoms with Crippen LogP contribution in [0.5, 0.6) is 0 Å². The molecule has 7 aromatic carbocycles. The second-order valence-corrected chi connectivity index (χ2v) is 80.9. The van der Waals surface area contributed by atoms with Crippen molar-refractivity contribution >= 4 is 89.3 Å². The molecule has 5 saturated carbocycles. The predicted octanol–water partition coefficient (Wildman–Crippen LogP) is 24.0. The van der Waals surface area contributed by atoms with E-state index in [9.17, 15) is 25.5 Å². The van der Waals surface area contributed by atoms with E-state index in [1.165, 1.54) is 36.7 Å². The summed E-state index contributed by atoms with van der Waals surface area (Å²) in [5, 5.41) is 59.7. The Morgan fingerprint density at radius 1 is 0.250 bits per heavy atom. The van der Waals surface area contributed by atoms with E-state index in [0.717, 1.165) is 47.3 Å². The molecule has 0 aliphatic heterocycles. The Morgan fingerprint density at radius 2 is 0.456 bits per heavy atom. The lowest BCUT2D eigenvalue weighted by Gasteiger charge is -2.46.